The highest BCUT2D eigenvalue weighted by Gasteiger charge is 2.32. The lowest BCUT2D eigenvalue weighted by atomic mass is 10.0. The van der Waals surface area contributed by atoms with E-state index in [4.69, 9.17) is 9.47 Å². The molecule has 2 unspecified atom stereocenters. The molecule has 0 bridgehead atoms. The van der Waals surface area contributed by atoms with Gasteiger partial charge in [-0.25, -0.2) is 0 Å². The summed E-state index contributed by atoms with van der Waals surface area (Å²) in [6.07, 6.45) is 5.34. The van der Waals surface area contributed by atoms with Crippen LogP contribution in [0.15, 0.2) is 0 Å². The van der Waals surface area contributed by atoms with E-state index >= 15 is 0 Å². The molecule has 0 aromatic carbocycles. The summed E-state index contributed by atoms with van der Waals surface area (Å²) in [6, 6.07) is 0. The third-order valence-electron chi connectivity index (χ3n) is 2.95. The van der Waals surface area contributed by atoms with Crippen molar-refractivity contribution in [3.8, 4) is 0 Å². The Balaban J connectivity index is 0.00000112. The van der Waals surface area contributed by atoms with Crippen molar-refractivity contribution in [3.05, 3.63) is 0 Å². The zero-order valence-corrected chi connectivity index (χ0v) is 10.4. The van der Waals surface area contributed by atoms with Gasteiger partial charge in [0.1, 0.15) is 6.23 Å². The van der Waals surface area contributed by atoms with Crippen molar-refractivity contribution in [3.63, 3.8) is 0 Å². The van der Waals surface area contributed by atoms with Crippen molar-refractivity contribution in [2.24, 2.45) is 0 Å². The third kappa shape index (κ3) is 3.91. The van der Waals surface area contributed by atoms with Crippen LogP contribution in [0.1, 0.15) is 39.5 Å². The van der Waals surface area contributed by atoms with Gasteiger partial charge in [-0.1, -0.05) is 0 Å². The monoisotopic (exact) mass is 235 g/mol. The summed E-state index contributed by atoms with van der Waals surface area (Å²) >= 11 is 0. The minimum Gasteiger partial charge on any atom is -0.378 e. The first-order chi connectivity index (χ1) is 6.66. The molecule has 4 heteroatoms. The van der Waals surface area contributed by atoms with Gasteiger partial charge in [0.2, 0.25) is 0 Å². The van der Waals surface area contributed by atoms with Gasteiger partial charge in [-0.15, -0.1) is 12.4 Å². The molecule has 2 saturated heterocycles. The van der Waals surface area contributed by atoms with Gasteiger partial charge in [-0.3, -0.25) is 5.32 Å². The Morgan fingerprint density at radius 1 is 1.27 bits per heavy atom. The Morgan fingerprint density at radius 2 is 2.07 bits per heavy atom. The molecule has 2 heterocycles. The van der Waals surface area contributed by atoms with Gasteiger partial charge in [0, 0.05) is 18.6 Å². The number of rotatable bonds is 2. The summed E-state index contributed by atoms with van der Waals surface area (Å²) < 4.78 is 11.4. The SMILES string of the molecule is CC1(C)COC(CC2CCCCO2)N1.Cl. The van der Waals surface area contributed by atoms with Crippen LogP contribution >= 0.6 is 12.4 Å². The highest BCUT2D eigenvalue weighted by molar-refractivity contribution is 5.85. The van der Waals surface area contributed by atoms with Crippen LogP contribution in [-0.4, -0.2) is 31.1 Å². The normalized spacial score (nSPS) is 34.8. The number of ether oxygens (including phenoxy) is 2. The molecule has 2 atom stereocenters. The molecule has 3 nitrogen and oxygen atoms in total. The molecule has 0 amide bonds. The molecular formula is C11H22ClNO2. The molecule has 0 aromatic rings. The number of halogens is 1. The van der Waals surface area contributed by atoms with Gasteiger partial charge in [-0.2, -0.15) is 0 Å². The lowest BCUT2D eigenvalue weighted by Crippen LogP contribution is -2.40. The minimum atomic E-state index is 0. The molecular weight excluding hydrogens is 214 g/mol. The van der Waals surface area contributed by atoms with E-state index in [1.807, 2.05) is 0 Å². The predicted octanol–water partition coefficient (Wildman–Crippen LogP) is 2.09. The summed E-state index contributed by atoms with van der Waals surface area (Å²) in [6.45, 7) is 6.09. The van der Waals surface area contributed by atoms with E-state index in [1.54, 1.807) is 0 Å². The van der Waals surface area contributed by atoms with Crippen LogP contribution in [0.4, 0.5) is 0 Å². The van der Waals surface area contributed by atoms with Crippen LogP contribution < -0.4 is 5.32 Å². The lowest BCUT2D eigenvalue weighted by Gasteiger charge is -2.25. The summed E-state index contributed by atoms with van der Waals surface area (Å²) in [5.41, 5.74) is 0.138. The van der Waals surface area contributed by atoms with Gasteiger partial charge in [0.15, 0.2) is 0 Å². The van der Waals surface area contributed by atoms with E-state index in [0.29, 0.717) is 6.10 Å². The van der Waals surface area contributed by atoms with E-state index in [2.05, 4.69) is 19.2 Å². The molecule has 0 radical (unpaired) electrons. The summed E-state index contributed by atoms with van der Waals surface area (Å²) in [4.78, 5) is 0. The van der Waals surface area contributed by atoms with Gasteiger partial charge in [0.05, 0.1) is 12.7 Å². The third-order valence-corrected chi connectivity index (χ3v) is 2.95. The fourth-order valence-corrected chi connectivity index (χ4v) is 2.19. The average molecular weight is 236 g/mol. The second-order valence-electron chi connectivity index (χ2n) is 5.05. The molecule has 2 fully saturated rings. The molecule has 1 N–H and O–H groups in total. The maximum atomic E-state index is 5.69. The summed E-state index contributed by atoms with van der Waals surface area (Å²) in [5.74, 6) is 0. The second kappa shape index (κ2) is 5.48. The Kier molecular flexibility index (Phi) is 4.84. The van der Waals surface area contributed by atoms with E-state index in [-0.39, 0.29) is 24.2 Å². The fourth-order valence-electron chi connectivity index (χ4n) is 2.19. The zero-order chi connectivity index (χ0) is 10.0. The van der Waals surface area contributed by atoms with E-state index in [1.165, 1.54) is 19.3 Å². The van der Waals surface area contributed by atoms with Gasteiger partial charge < -0.3 is 9.47 Å². The van der Waals surface area contributed by atoms with E-state index in [9.17, 15) is 0 Å². The number of nitrogens with one attached hydrogen (secondary N) is 1. The Labute approximate surface area is 98.3 Å². The first kappa shape index (κ1) is 13.2. The molecule has 0 aromatic heterocycles. The lowest BCUT2D eigenvalue weighted by molar-refractivity contribution is -0.0247. The topological polar surface area (TPSA) is 30.5 Å². The highest BCUT2D eigenvalue weighted by Crippen LogP contribution is 2.22. The van der Waals surface area contributed by atoms with Crippen molar-refractivity contribution in [1.82, 2.24) is 5.32 Å². The molecule has 15 heavy (non-hydrogen) atoms. The highest BCUT2D eigenvalue weighted by atomic mass is 35.5. The standard InChI is InChI=1S/C11H21NO2.ClH/c1-11(2)8-14-10(12-11)7-9-5-3-4-6-13-9;/h9-10,12H,3-8H2,1-2H3;1H. The maximum absolute atomic E-state index is 5.69. The number of hydrogen-bond acceptors (Lipinski definition) is 3. The molecule has 2 aliphatic heterocycles. The quantitative estimate of drug-likeness (QED) is 0.795. The molecule has 0 saturated carbocycles. The summed E-state index contributed by atoms with van der Waals surface area (Å²) in [5, 5.41) is 3.48. The summed E-state index contributed by atoms with van der Waals surface area (Å²) in [7, 11) is 0. The smallest absolute Gasteiger partial charge is 0.111 e. The predicted molar refractivity (Wildman–Crippen MR) is 62.4 cm³/mol. The molecule has 90 valence electrons. The van der Waals surface area contributed by atoms with E-state index < -0.39 is 0 Å². The van der Waals surface area contributed by atoms with Crippen LogP contribution in [0.25, 0.3) is 0 Å². The van der Waals surface area contributed by atoms with Crippen molar-refractivity contribution in [1.29, 1.82) is 0 Å². The number of hydrogen-bond donors (Lipinski definition) is 1. The van der Waals surface area contributed by atoms with Gasteiger partial charge in [-0.05, 0) is 33.1 Å². The molecule has 2 rings (SSSR count). The van der Waals surface area contributed by atoms with Crippen LogP contribution in [0.3, 0.4) is 0 Å². The van der Waals surface area contributed by atoms with E-state index in [0.717, 1.165) is 19.6 Å². The van der Waals surface area contributed by atoms with Crippen LogP contribution in [0, 0.1) is 0 Å². The largest absolute Gasteiger partial charge is 0.378 e. The van der Waals surface area contributed by atoms with Crippen molar-refractivity contribution < 1.29 is 9.47 Å². The Bertz CT molecular complexity index is 193. The van der Waals surface area contributed by atoms with Crippen LogP contribution in [-0.2, 0) is 9.47 Å². The Morgan fingerprint density at radius 3 is 2.60 bits per heavy atom. The second-order valence-corrected chi connectivity index (χ2v) is 5.05. The van der Waals surface area contributed by atoms with Crippen molar-refractivity contribution in [2.45, 2.75) is 57.4 Å². The first-order valence-electron chi connectivity index (χ1n) is 5.67. The van der Waals surface area contributed by atoms with Crippen LogP contribution in [0.2, 0.25) is 0 Å². The van der Waals surface area contributed by atoms with Crippen molar-refractivity contribution in [2.75, 3.05) is 13.2 Å². The molecule has 0 aliphatic carbocycles. The van der Waals surface area contributed by atoms with Gasteiger partial charge >= 0.3 is 0 Å². The van der Waals surface area contributed by atoms with Crippen LogP contribution in [0.5, 0.6) is 0 Å². The zero-order valence-electron chi connectivity index (χ0n) is 9.62. The van der Waals surface area contributed by atoms with Gasteiger partial charge in [0.25, 0.3) is 0 Å². The average Bonchev–Trinajstić information content (AvgIpc) is 2.47. The maximum Gasteiger partial charge on any atom is 0.111 e. The minimum absolute atomic E-state index is 0. The first-order valence-corrected chi connectivity index (χ1v) is 5.67. The molecule has 0 spiro atoms. The fraction of sp³-hybridized carbons (Fsp3) is 1.00. The van der Waals surface area contributed by atoms with Crippen molar-refractivity contribution >= 4 is 12.4 Å². The Hall–Kier alpha value is 0.170. The molecule has 2 aliphatic rings.